The zero-order valence-electron chi connectivity index (χ0n) is 7.77. The summed E-state index contributed by atoms with van der Waals surface area (Å²) in [7, 11) is 0. The Bertz CT molecular complexity index is 449. The average molecular weight is 194 g/mol. The van der Waals surface area contributed by atoms with E-state index < -0.39 is 0 Å². The standard InChI is InChI=1S/C8H10N4S/c1-5-4-7-10-11-8(13-3)12(7)6(2)9-5/h4H,1-3H3. The summed E-state index contributed by atoms with van der Waals surface area (Å²) in [6, 6.07) is 1.93. The third-order valence-electron chi connectivity index (χ3n) is 1.84. The van der Waals surface area contributed by atoms with E-state index in [9.17, 15) is 0 Å². The van der Waals surface area contributed by atoms with Crippen molar-refractivity contribution in [1.82, 2.24) is 19.6 Å². The van der Waals surface area contributed by atoms with Crippen LogP contribution in [0, 0.1) is 13.8 Å². The third-order valence-corrected chi connectivity index (χ3v) is 2.47. The van der Waals surface area contributed by atoms with E-state index in [0.29, 0.717) is 0 Å². The lowest BCUT2D eigenvalue weighted by molar-refractivity contribution is 0.856. The van der Waals surface area contributed by atoms with Gasteiger partial charge in [-0.05, 0) is 20.1 Å². The molecule has 0 atom stereocenters. The van der Waals surface area contributed by atoms with E-state index in [2.05, 4.69) is 15.2 Å². The van der Waals surface area contributed by atoms with E-state index in [4.69, 9.17) is 0 Å². The predicted molar refractivity (Wildman–Crippen MR) is 52.0 cm³/mol. The molecule has 0 aliphatic carbocycles. The molecule has 0 saturated carbocycles. The Morgan fingerprint density at radius 2 is 2.08 bits per heavy atom. The normalized spacial score (nSPS) is 11.0. The van der Waals surface area contributed by atoms with E-state index in [-0.39, 0.29) is 0 Å². The van der Waals surface area contributed by atoms with E-state index in [0.717, 1.165) is 22.3 Å². The van der Waals surface area contributed by atoms with Crippen LogP contribution in [0.1, 0.15) is 11.5 Å². The average Bonchev–Trinajstić information content (AvgIpc) is 2.47. The van der Waals surface area contributed by atoms with Crippen LogP contribution in [0.4, 0.5) is 0 Å². The fourth-order valence-electron chi connectivity index (χ4n) is 1.34. The fourth-order valence-corrected chi connectivity index (χ4v) is 1.87. The van der Waals surface area contributed by atoms with Crippen molar-refractivity contribution in [3.05, 3.63) is 17.6 Å². The smallest absolute Gasteiger partial charge is 0.196 e. The molecule has 0 aliphatic rings. The number of fused-ring (bicyclic) bond motifs is 1. The molecule has 68 valence electrons. The van der Waals surface area contributed by atoms with Crippen molar-refractivity contribution in [2.24, 2.45) is 0 Å². The molecule has 2 heterocycles. The van der Waals surface area contributed by atoms with Gasteiger partial charge in [0.25, 0.3) is 0 Å². The van der Waals surface area contributed by atoms with Gasteiger partial charge in [-0.25, -0.2) is 4.98 Å². The first-order valence-electron chi connectivity index (χ1n) is 3.95. The zero-order chi connectivity index (χ0) is 9.42. The molecule has 0 amide bonds. The number of hydrogen-bond donors (Lipinski definition) is 0. The minimum Gasteiger partial charge on any atom is -0.258 e. The molecule has 0 fully saturated rings. The van der Waals surface area contributed by atoms with E-state index >= 15 is 0 Å². The largest absolute Gasteiger partial charge is 0.258 e. The first-order chi connectivity index (χ1) is 6.22. The minimum atomic E-state index is 0.870. The van der Waals surface area contributed by atoms with Crippen LogP contribution in [0.15, 0.2) is 11.2 Å². The van der Waals surface area contributed by atoms with Gasteiger partial charge in [0.1, 0.15) is 5.82 Å². The summed E-state index contributed by atoms with van der Waals surface area (Å²) >= 11 is 1.57. The zero-order valence-corrected chi connectivity index (χ0v) is 8.59. The second kappa shape index (κ2) is 2.99. The first kappa shape index (κ1) is 8.50. The quantitative estimate of drug-likeness (QED) is 0.645. The number of aryl methyl sites for hydroxylation is 2. The van der Waals surface area contributed by atoms with Gasteiger partial charge in [0.15, 0.2) is 10.8 Å². The molecule has 2 rings (SSSR count). The topological polar surface area (TPSA) is 43.1 Å². The van der Waals surface area contributed by atoms with Crippen LogP contribution in [0.25, 0.3) is 5.65 Å². The maximum Gasteiger partial charge on any atom is 0.196 e. The number of thioether (sulfide) groups is 1. The summed E-state index contributed by atoms with van der Waals surface area (Å²) in [5.41, 5.74) is 1.85. The number of nitrogens with zero attached hydrogens (tertiary/aromatic N) is 4. The van der Waals surface area contributed by atoms with Gasteiger partial charge in [0.2, 0.25) is 0 Å². The second-order valence-corrected chi connectivity index (χ2v) is 3.60. The molecule has 0 N–H and O–H groups in total. The molecule has 0 radical (unpaired) electrons. The summed E-state index contributed by atoms with van der Waals surface area (Å²) in [6.07, 6.45) is 1.98. The van der Waals surface area contributed by atoms with Crippen molar-refractivity contribution >= 4 is 17.4 Å². The lowest BCUT2D eigenvalue weighted by atomic mass is 10.4. The first-order valence-corrected chi connectivity index (χ1v) is 5.18. The van der Waals surface area contributed by atoms with Crippen molar-refractivity contribution in [1.29, 1.82) is 0 Å². The highest BCUT2D eigenvalue weighted by atomic mass is 32.2. The van der Waals surface area contributed by atoms with Crippen molar-refractivity contribution < 1.29 is 0 Å². The lowest BCUT2D eigenvalue weighted by Gasteiger charge is -2.01. The molecular weight excluding hydrogens is 184 g/mol. The Morgan fingerprint density at radius 3 is 2.77 bits per heavy atom. The van der Waals surface area contributed by atoms with Crippen molar-refractivity contribution in [2.45, 2.75) is 19.0 Å². The predicted octanol–water partition coefficient (Wildman–Crippen LogP) is 1.46. The molecular formula is C8H10N4S. The van der Waals surface area contributed by atoms with Gasteiger partial charge in [0.05, 0.1) is 0 Å². The van der Waals surface area contributed by atoms with Crippen LogP contribution in [0.5, 0.6) is 0 Å². The van der Waals surface area contributed by atoms with Crippen molar-refractivity contribution in [3.63, 3.8) is 0 Å². The Balaban J connectivity index is 2.82. The highest BCUT2D eigenvalue weighted by Crippen LogP contribution is 2.15. The molecule has 0 saturated heterocycles. The summed E-state index contributed by atoms with van der Waals surface area (Å²) in [6.45, 7) is 3.92. The number of hydrogen-bond acceptors (Lipinski definition) is 4. The highest BCUT2D eigenvalue weighted by Gasteiger charge is 2.07. The van der Waals surface area contributed by atoms with Gasteiger partial charge in [-0.15, -0.1) is 10.2 Å². The summed E-state index contributed by atoms with van der Waals surface area (Å²) in [4.78, 5) is 4.35. The van der Waals surface area contributed by atoms with E-state index in [1.165, 1.54) is 0 Å². The van der Waals surface area contributed by atoms with Crippen molar-refractivity contribution in [3.8, 4) is 0 Å². The van der Waals surface area contributed by atoms with Gasteiger partial charge in [-0.1, -0.05) is 11.8 Å². The Hall–Kier alpha value is -1.10. The Kier molecular flexibility index (Phi) is 1.95. The van der Waals surface area contributed by atoms with Gasteiger partial charge in [0, 0.05) is 11.8 Å². The van der Waals surface area contributed by atoms with Crippen molar-refractivity contribution in [2.75, 3.05) is 6.26 Å². The molecule has 13 heavy (non-hydrogen) atoms. The molecule has 2 aromatic heterocycles. The molecule has 0 aliphatic heterocycles. The Morgan fingerprint density at radius 1 is 1.31 bits per heavy atom. The monoisotopic (exact) mass is 194 g/mol. The second-order valence-electron chi connectivity index (χ2n) is 2.83. The summed E-state index contributed by atoms with van der Waals surface area (Å²) in [5.74, 6) is 0.935. The summed E-state index contributed by atoms with van der Waals surface area (Å²) < 4.78 is 1.96. The van der Waals surface area contributed by atoms with Crippen LogP contribution in [0.2, 0.25) is 0 Å². The number of aromatic nitrogens is 4. The SMILES string of the molecule is CSc1nnc2cc(C)nc(C)n12. The molecule has 5 heteroatoms. The maximum absolute atomic E-state index is 4.35. The molecule has 0 aromatic carbocycles. The van der Waals surface area contributed by atoms with Crippen LogP contribution in [-0.2, 0) is 0 Å². The molecule has 2 aromatic rings. The van der Waals surface area contributed by atoms with Gasteiger partial charge >= 0.3 is 0 Å². The third kappa shape index (κ3) is 1.29. The molecule has 0 spiro atoms. The molecule has 0 unspecified atom stereocenters. The highest BCUT2D eigenvalue weighted by molar-refractivity contribution is 7.98. The molecule has 0 bridgehead atoms. The maximum atomic E-state index is 4.35. The van der Waals surface area contributed by atoms with Gasteiger partial charge in [-0.2, -0.15) is 0 Å². The summed E-state index contributed by atoms with van der Waals surface area (Å²) in [5, 5.41) is 9.00. The van der Waals surface area contributed by atoms with E-state index in [1.54, 1.807) is 11.8 Å². The minimum absolute atomic E-state index is 0.870. The lowest BCUT2D eigenvalue weighted by Crippen LogP contribution is -1.98. The van der Waals surface area contributed by atoms with Crippen LogP contribution >= 0.6 is 11.8 Å². The van der Waals surface area contributed by atoms with Gasteiger partial charge < -0.3 is 0 Å². The Labute approximate surface area is 80.4 Å². The van der Waals surface area contributed by atoms with Gasteiger partial charge in [-0.3, -0.25) is 4.40 Å². The van der Waals surface area contributed by atoms with Crippen LogP contribution < -0.4 is 0 Å². The fraction of sp³-hybridized carbons (Fsp3) is 0.375. The van der Waals surface area contributed by atoms with Crippen LogP contribution in [0.3, 0.4) is 0 Å². The van der Waals surface area contributed by atoms with Crippen LogP contribution in [-0.4, -0.2) is 25.8 Å². The number of rotatable bonds is 1. The van der Waals surface area contributed by atoms with E-state index in [1.807, 2.05) is 30.6 Å². The molecule has 4 nitrogen and oxygen atoms in total.